The first kappa shape index (κ1) is 25.3. The van der Waals surface area contributed by atoms with Gasteiger partial charge in [-0.3, -0.25) is 9.59 Å². The molecule has 8 nitrogen and oxygen atoms in total. The van der Waals surface area contributed by atoms with Gasteiger partial charge in [-0.2, -0.15) is 0 Å². The maximum Gasteiger partial charge on any atom is 0.258 e. The summed E-state index contributed by atoms with van der Waals surface area (Å²) in [6.07, 6.45) is 0. The molecule has 3 aromatic rings. The van der Waals surface area contributed by atoms with Crippen LogP contribution in [0.1, 0.15) is 42.3 Å². The monoisotopic (exact) mass is 481 g/mol. The number of carbonyl (C=O) groups excluding carboxylic acids is 2. The fourth-order valence-corrected chi connectivity index (χ4v) is 3.95. The third kappa shape index (κ3) is 7.08. The van der Waals surface area contributed by atoms with Gasteiger partial charge in [0.25, 0.3) is 5.91 Å². The fraction of sp³-hybridized carbons (Fsp3) is 0.360. The molecule has 0 unspecified atom stereocenters. The number of hydrogen-bond donors (Lipinski definition) is 2. The summed E-state index contributed by atoms with van der Waals surface area (Å²) in [5, 5.41) is 14.6. The van der Waals surface area contributed by atoms with Crippen molar-refractivity contribution in [2.24, 2.45) is 7.05 Å². The second-order valence-electron chi connectivity index (χ2n) is 8.40. The van der Waals surface area contributed by atoms with Crippen molar-refractivity contribution < 1.29 is 14.3 Å². The molecule has 0 aliphatic carbocycles. The van der Waals surface area contributed by atoms with E-state index in [0.717, 1.165) is 16.8 Å². The number of carbonyl (C=O) groups is 2. The molecule has 0 spiro atoms. The molecule has 3 rings (SSSR count). The van der Waals surface area contributed by atoms with E-state index in [2.05, 4.69) is 34.7 Å². The van der Waals surface area contributed by atoms with Gasteiger partial charge in [0.2, 0.25) is 5.91 Å². The van der Waals surface area contributed by atoms with Gasteiger partial charge in [0.05, 0.1) is 12.3 Å². The fourth-order valence-electron chi connectivity index (χ4n) is 3.22. The van der Waals surface area contributed by atoms with Crippen LogP contribution in [0.2, 0.25) is 0 Å². The number of amides is 2. The van der Waals surface area contributed by atoms with Gasteiger partial charge in [0, 0.05) is 12.7 Å². The maximum absolute atomic E-state index is 12.3. The average molecular weight is 482 g/mol. The lowest BCUT2D eigenvalue weighted by Crippen LogP contribution is -2.29. The Hall–Kier alpha value is -3.33. The largest absolute Gasteiger partial charge is 0.484 e. The van der Waals surface area contributed by atoms with Gasteiger partial charge in [0.15, 0.2) is 17.6 Å². The van der Waals surface area contributed by atoms with Crippen LogP contribution in [-0.4, -0.2) is 38.9 Å². The summed E-state index contributed by atoms with van der Waals surface area (Å²) in [6, 6.07) is 13.6. The Kier molecular flexibility index (Phi) is 8.70. The SMILES string of the molecule is Cc1ccc(NC(=O)CSc2nnc(CNC(=O)COc3ccc(C(C)C)cc3)n2C)c(C)c1. The van der Waals surface area contributed by atoms with E-state index in [9.17, 15) is 9.59 Å². The molecule has 2 aromatic carbocycles. The highest BCUT2D eigenvalue weighted by molar-refractivity contribution is 7.99. The van der Waals surface area contributed by atoms with E-state index in [-0.39, 0.29) is 30.7 Å². The number of ether oxygens (including phenoxy) is 1. The van der Waals surface area contributed by atoms with Crippen molar-refractivity contribution in [3.8, 4) is 5.75 Å². The van der Waals surface area contributed by atoms with E-state index in [4.69, 9.17) is 4.74 Å². The first-order valence-corrected chi connectivity index (χ1v) is 12.1. The minimum atomic E-state index is -0.252. The minimum absolute atomic E-state index is 0.0842. The molecule has 0 bridgehead atoms. The predicted molar refractivity (Wildman–Crippen MR) is 134 cm³/mol. The van der Waals surface area contributed by atoms with Crippen LogP contribution in [0.15, 0.2) is 47.6 Å². The first-order chi connectivity index (χ1) is 16.2. The lowest BCUT2D eigenvalue weighted by atomic mass is 10.0. The molecule has 0 saturated heterocycles. The van der Waals surface area contributed by atoms with Crippen molar-refractivity contribution >= 4 is 29.3 Å². The maximum atomic E-state index is 12.3. The van der Waals surface area contributed by atoms with Gasteiger partial charge in [0.1, 0.15) is 5.75 Å². The van der Waals surface area contributed by atoms with Gasteiger partial charge < -0.3 is 19.9 Å². The minimum Gasteiger partial charge on any atom is -0.484 e. The Morgan fingerprint density at radius 2 is 1.79 bits per heavy atom. The number of thioether (sulfide) groups is 1. The molecule has 1 heterocycles. The lowest BCUT2D eigenvalue weighted by molar-refractivity contribution is -0.123. The second kappa shape index (κ2) is 11.7. The first-order valence-electron chi connectivity index (χ1n) is 11.1. The zero-order valence-corrected chi connectivity index (χ0v) is 21.0. The summed E-state index contributed by atoms with van der Waals surface area (Å²) in [7, 11) is 1.80. The van der Waals surface area contributed by atoms with Gasteiger partial charge in [-0.05, 0) is 49.1 Å². The van der Waals surface area contributed by atoms with Crippen LogP contribution in [0.4, 0.5) is 5.69 Å². The van der Waals surface area contributed by atoms with Crippen molar-refractivity contribution in [3.63, 3.8) is 0 Å². The van der Waals surface area contributed by atoms with Crippen molar-refractivity contribution in [1.29, 1.82) is 0 Å². The standard InChI is InChI=1S/C25H31N5O3S/c1-16(2)19-7-9-20(10-8-19)33-14-23(31)26-13-22-28-29-25(30(22)5)34-15-24(32)27-21-11-6-17(3)12-18(21)4/h6-12,16H,13-15H2,1-5H3,(H,26,31)(H,27,32). The smallest absolute Gasteiger partial charge is 0.258 e. The van der Waals surface area contributed by atoms with Crippen LogP contribution >= 0.6 is 11.8 Å². The van der Waals surface area contributed by atoms with Gasteiger partial charge >= 0.3 is 0 Å². The van der Waals surface area contributed by atoms with E-state index in [1.54, 1.807) is 11.6 Å². The van der Waals surface area contributed by atoms with Crippen LogP contribution in [0, 0.1) is 13.8 Å². The van der Waals surface area contributed by atoms with E-state index in [1.807, 2.05) is 56.3 Å². The molecule has 9 heteroatoms. The zero-order chi connectivity index (χ0) is 24.7. The van der Waals surface area contributed by atoms with Crippen molar-refractivity contribution in [2.45, 2.75) is 45.3 Å². The molecule has 0 fully saturated rings. The molecule has 2 amide bonds. The number of aromatic nitrogens is 3. The van der Waals surface area contributed by atoms with Crippen LogP contribution in [0.5, 0.6) is 5.75 Å². The summed E-state index contributed by atoms with van der Waals surface area (Å²) in [5.41, 5.74) is 4.19. The highest BCUT2D eigenvalue weighted by Gasteiger charge is 2.13. The quantitative estimate of drug-likeness (QED) is 0.425. The number of benzene rings is 2. The molecular weight excluding hydrogens is 450 g/mol. The van der Waals surface area contributed by atoms with E-state index < -0.39 is 0 Å². The highest BCUT2D eigenvalue weighted by atomic mass is 32.2. The van der Waals surface area contributed by atoms with Gasteiger partial charge in [-0.25, -0.2) is 0 Å². The molecule has 0 aliphatic heterocycles. The Bertz CT molecular complexity index is 1140. The Morgan fingerprint density at radius 1 is 1.06 bits per heavy atom. The normalized spacial score (nSPS) is 10.9. The van der Waals surface area contributed by atoms with Crippen molar-refractivity contribution in [2.75, 3.05) is 17.7 Å². The number of aryl methyl sites for hydroxylation is 2. The molecule has 0 radical (unpaired) electrons. The van der Waals surface area contributed by atoms with E-state index in [0.29, 0.717) is 22.6 Å². The van der Waals surface area contributed by atoms with Crippen molar-refractivity contribution in [3.05, 3.63) is 65.0 Å². The summed E-state index contributed by atoms with van der Waals surface area (Å²) in [5.74, 6) is 1.52. The molecular formula is C25H31N5O3S. The number of nitrogens with zero attached hydrogens (tertiary/aromatic N) is 3. The number of rotatable bonds is 10. The van der Waals surface area contributed by atoms with Crippen LogP contribution in [0.25, 0.3) is 0 Å². The average Bonchev–Trinajstić information content (AvgIpc) is 3.16. The van der Waals surface area contributed by atoms with Crippen LogP contribution < -0.4 is 15.4 Å². The topological polar surface area (TPSA) is 98.1 Å². The number of hydrogen-bond acceptors (Lipinski definition) is 6. The third-order valence-electron chi connectivity index (χ3n) is 5.27. The second-order valence-corrected chi connectivity index (χ2v) is 9.34. The van der Waals surface area contributed by atoms with E-state index >= 15 is 0 Å². The molecule has 34 heavy (non-hydrogen) atoms. The Balaban J connectivity index is 1.43. The van der Waals surface area contributed by atoms with E-state index in [1.165, 1.54) is 17.3 Å². The third-order valence-corrected chi connectivity index (χ3v) is 6.29. The van der Waals surface area contributed by atoms with Crippen LogP contribution in [0.3, 0.4) is 0 Å². The lowest BCUT2D eigenvalue weighted by Gasteiger charge is -2.10. The summed E-state index contributed by atoms with van der Waals surface area (Å²) < 4.78 is 7.32. The number of anilines is 1. The predicted octanol–water partition coefficient (Wildman–Crippen LogP) is 3.98. The highest BCUT2D eigenvalue weighted by Crippen LogP contribution is 2.20. The molecule has 180 valence electrons. The molecule has 1 aromatic heterocycles. The molecule has 0 aliphatic rings. The molecule has 0 atom stereocenters. The summed E-state index contributed by atoms with van der Waals surface area (Å²) in [4.78, 5) is 24.5. The van der Waals surface area contributed by atoms with Gasteiger partial charge in [-0.15, -0.1) is 10.2 Å². The van der Waals surface area contributed by atoms with Crippen LogP contribution in [-0.2, 0) is 23.2 Å². The summed E-state index contributed by atoms with van der Waals surface area (Å²) >= 11 is 1.29. The van der Waals surface area contributed by atoms with Gasteiger partial charge in [-0.1, -0.05) is 55.4 Å². The number of nitrogens with one attached hydrogen (secondary N) is 2. The van der Waals surface area contributed by atoms with Crippen molar-refractivity contribution in [1.82, 2.24) is 20.1 Å². The zero-order valence-electron chi connectivity index (χ0n) is 20.2. The Morgan fingerprint density at radius 3 is 2.47 bits per heavy atom. The summed E-state index contributed by atoms with van der Waals surface area (Å²) in [6.45, 7) is 8.36. The Labute approximate surface area is 204 Å². The molecule has 0 saturated carbocycles. The molecule has 2 N–H and O–H groups in total.